The minimum atomic E-state index is -4.57. The zero-order valence-corrected chi connectivity index (χ0v) is 11.1. The van der Waals surface area contributed by atoms with E-state index < -0.39 is 29.4 Å². The molecule has 1 aromatic rings. The van der Waals surface area contributed by atoms with Crippen molar-refractivity contribution in [1.29, 1.82) is 0 Å². The number of carbonyl (C=O) groups is 2. The smallest absolute Gasteiger partial charge is 0.449 e. The number of hydrogen-bond donors (Lipinski definition) is 3. The summed E-state index contributed by atoms with van der Waals surface area (Å²) in [5.74, 6) is 0. The molecule has 0 aromatic heterocycles. The molecule has 1 aromatic carbocycles. The van der Waals surface area contributed by atoms with E-state index in [2.05, 4.69) is 0 Å². The number of amides is 3. The van der Waals surface area contributed by atoms with Crippen molar-refractivity contribution in [2.75, 3.05) is 13.6 Å². The van der Waals surface area contributed by atoms with Crippen LogP contribution in [-0.2, 0) is 6.54 Å². The number of benzene rings is 1. The van der Waals surface area contributed by atoms with Crippen LogP contribution >= 0.6 is 0 Å². The number of carbonyl (C=O) groups excluding carboxylic acids is 1. The third-order valence-corrected chi connectivity index (χ3v) is 2.57. The van der Waals surface area contributed by atoms with E-state index in [-0.39, 0.29) is 6.54 Å². The van der Waals surface area contributed by atoms with E-state index in [1.54, 1.807) is 35.6 Å². The lowest BCUT2D eigenvalue weighted by Crippen LogP contribution is -2.64. The first-order valence-electron chi connectivity index (χ1n) is 5.88. The van der Waals surface area contributed by atoms with Crippen LogP contribution < -0.4 is 10.7 Å². The molecule has 0 saturated heterocycles. The van der Waals surface area contributed by atoms with Crippen LogP contribution in [0, 0.1) is 0 Å². The van der Waals surface area contributed by atoms with Crippen LogP contribution in [0.1, 0.15) is 5.56 Å². The zero-order chi connectivity index (χ0) is 16.1. The Labute approximate surface area is 118 Å². The van der Waals surface area contributed by atoms with Gasteiger partial charge in [-0.1, -0.05) is 30.3 Å². The lowest BCUT2D eigenvalue weighted by Gasteiger charge is -2.29. The van der Waals surface area contributed by atoms with Crippen molar-refractivity contribution < 1.29 is 32.5 Å². The molecule has 3 amide bonds. The van der Waals surface area contributed by atoms with Gasteiger partial charge in [0.05, 0.1) is 0 Å². The number of halogens is 3. The molecular weight excluding hydrogens is 291 g/mol. The van der Waals surface area contributed by atoms with E-state index in [1.807, 2.05) is 5.43 Å². The Bertz CT molecular complexity index is 507. The fourth-order valence-electron chi connectivity index (χ4n) is 1.67. The molecule has 1 atom stereocenters. The highest BCUT2D eigenvalue weighted by Crippen LogP contribution is 2.14. The van der Waals surface area contributed by atoms with Gasteiger partial charge in [-0.3, -0.25) is 5.32 Å². The lowest BCUT2D eigenvalue weighted by molar-refractivity contribution is -0.880. The number of nitrogens with zero attached hydrogens (tertiary/aromatic N) is 1. The average molecular weight is 306 g/mol. The summed E-state index contributed by atoms with van der Waals surface area (Å²) in [4.78, 5) is 22.7. The first-order chi connectivity index (χ1) is 9.62. The van der Waals surface area contributed by atoms with Gasteiger partial charge >= 0.3 is 18.3 Å². The number of rotatable bonds is 3. The predicted molar refractivity (Wildman–Crippen MR) is 66.9 cm³/mol. The van der Waals surface area contributed by atoms with Gasteiger partial charge in [0.15, 0.2) is 0 Å². The number of nitrogens with one attached hydrogen (secondary N) is 2. The Hall–Kier alpha value is -2.29. The molecule has 9 heteroatoms. The van der Waals surface area contributed by atoms with Crippen LogP contribution in [-0.4, -0.2) is 41.6 Å². The maximum Gasteiger partial charge on any atom is 0.449 e. The first kappa shape index (κ1) is 16.8. The van der Waals surface area contributed by atoms with Gasteiger partial charge < -0.3 is 5.11 Å². The molecule has 6 nitrogen and oxygen atoms in total. The molecule has 21 heavy (non-hydrogen) atoms. The molecule has 0 aliphatic rings. The van der Waals surface area contributed by atoms with E-state index in [4.69, 9.17) is 5.11 Å². The van der Waals surface area contributed by atoms with Crippen molar-refractivity contribution in [1.82, 2.24) is 10.7 Å². The zero-order valence-electron chi connectivity index (χ0n) is 11.1. The van der Waals surface area contributed by atoms with E-state index in [1.165, 1.54) is 7.05 Å². The number of quaternary nitrogens is 1. The largest absolute Gasteiger partial charge is 0.462 e. The molecule has 0 aliphatic carbocycles. The van der Waals surface area contributed by atoms with Gasteiger partial charge in [0.25, 0.3) is 0 Å². The van der Waals surface area contributed by atoms with Crippen LogP contribution in [0.3, 0.4) is 0 Å². The summed E-state index contributed by atoms with van der Waals surface area (Å²) < 4.78 is 35.5. The predicted octanol–water partition coefficient (Wildman–Crippen LogP) is 2.09. The third-order valence-electron chi connectivity index (χ3n) is 2.57. The summed E-state index contributed by atoms with van der Waals surface area (Å²) in [5.41, 5.74) is 2.51. The van der Waals surface area contributed by atoms with E-state index in [0.29, 0.717) is 5.56 Å². The lowest BCUT2D eigenvalue weighted by atomic mass is 10.2. The second-order valence-electron chi connectivity index (χ2n) is 4.53. The highest BCUT2D eigenvalue weighted by molar-refractivity contribution is 5.70. The van der Waals surface area contributed by atoms with Crippen molar-refractivity contribution in [2.45, 2.75) is 12.7 Å². The van der Waals surface area contributed by atoms with Gasteiger partial charge in [0.2, 0.25) is 0 Å². The summed E-state index contributed by atoms with van der Waals surface area (Å²) in [7, 11) is 1.17. The molecule has 116 valence electrons. The summed E-state index contributed by atoms with van der Waals surface area (Å²) >= 11 is 0. The van der Waals surface area contributed by atoms with Gasteiger partial charge in [-0.2, -0.15) is 18.6 Å². The molecule has 3 N–H and O–H groups in total. The quantitative estimate of drug-likeness (QED) is 0.591. The first-order valence-corrected chi connectivity index (χ1v) is 5.88. The van der Waals surface area contributed by atoms with Gasteiger partial charge in [0, 0.05) is 5.56 Å². The SMILES string of the molecule is C[N+](Cc1ccccc1)(NC(=O)O)C(=O)NCC(F)(F)F. The van der Waals surface area contributed by atoms with Crippen LogP contribution in [0.25, 0.3) is 0 Å². The van der Waals surface area contributed by atoms with Crippen LogP contribution in [0.15, 0.2) is 30.3 Å². The Morgan fingerprint density at radius 1 is 1.24 bits per heavy atom. The average Bonchev–Trinajstić information content (AvgIpc) is 2.35. The van der Waals surface area contributed by atoms with Crippen LogP contribution in [0.4, 0.5) is 22.8 Å². The number of urea groups is 1. The number of hydrogen-bond acceptors (Lipinski definition) is 2. The van der Waals surface area contributed by atoms with Gasteiger partial charge in [-0.15, -0.1) is 4.59 Å². The van der Waals surface area contributed by atoms with Gasteiger partial charge in [-0.25, -0.2) is 9.59 Å². The van der Waals surface area contributed by atoms with Crippen molar-refractivity contribution in [3.05, 3.63) is 35.9 Å². The summed E-state index contributed by atoms with van der Waals surface area (Å²) in [6.45, 7) is -1.66. The van der Waals surface area contributed by atoms with Crippen molar-refractivity contribution in [2.24, 2.45) is 0 Å². The molecule has 0 heterocycles. The normalized spacial score (nSPS) is 14.1. The Morgan fingerprint density at radius 2 is 1.81 bits per heavy atom. The minimum absolute atomic E-state index is 0.128. The van der Waals surface area contributed by atoms with E-state index >= 15 is 0 Å². The van der Waals surface area contributed by atoms with Crippen LogP contribution in [0.2, 0.25) is 0 Å². The van der Waals surface area contributed by atoms with Crippen molar-refractivity contribution in [3.63, 3.8) is 0 Å². The highest BCUT2D eigenvalue weighted by Gasteiger charge is 2.38. The molecule has 1 unspecified atom stereocenters. The fraction of sp³-hybridized carbons (Fsp3) is 0.333. The van der Waals surface area contributed by atoms with Crippen molar-refractivity contribution >= 4 is 12.1 Å². The second-order valence-corrected chi connectivity index (χ2v) is 4.53. The van der Waals surface area contributed by atoms with Gasteiger partial charge in [-0.05, 0) is 0 Å². The molecule has 1 rings (SSSR count). The number of carboxylic acid groups (broad SMARTS) is 1. The molecule has 0 fully saturated rings. The standard InChI is InChI=1S/C12H14F3N3O3/c1-18(17-11(20)21,7-9-5-3-2-4-6-9)10(19)16-8-12(13,14)15/h2-6,17H,7-8H2,1H3,(H-,16,19,20,21)/p+1. The third kappa shape index (κ3) is 5.69. The van der Waals surface area contributed by atoms with Crippen molar-refractivity contribution in [3.8, 4) is 0 Å². The Morgan fingerprint density at radius 3 is 2.29 bits per heavy atom. The summed E-state index contributed by atoms with van der Waals surface area (Å²) in [5, 5.41) is 10.4. The minimum Gasteiger partial charge on any atom is -0.462 e. The van der Waals surface area contributed by atoms with E-state index in [0.717, 1.165) is 0 Å². The van der Waals surface area contributed by atoms with Gasteiger partial charge in [0.1, 0.15) is 20.1 Å². The Balaban J connectivity index is 2.87. The molecule has 0 bridgehead atoms. The van der Waals surface area contributed by atoms with E-state index in [9.17, 15) is 22.8 Å². The topological polar surface area (TPSA) is 78.4 Å². The molecular formula is C12H15F3N3O3+. The molecule has 0 aliphatic heterocycles. The second kappa shape index (κ2) is 6.44. The maximum atomic E-state index is 12.1. The maximum absolute atomic E-state index is 12.1. The fourth-order valence-corrected chi connectivity index (χ4v) is 1.67. The highest BCUT2D eigenvalue weighted by atomic mass is 19.4. The summed E-state index contributed by atoms with van der Waals surface area (Å²) in [6, 6.07) is 7.25. The molecule has 0 radical (unpaired) electrons. The van der Waals surface area contributed by atoms with Crippen LogP contribution in [0.5, 0.6) is 0 Å². The Kier molecular flexibility index (Phi) is 5.14. The molecule has 0 saturated carbocycles. The summed E-state index contributed by atoms with van der Waals surface area (Å²) in [6.07, 6.45) is -6.09. The number of alkyl halides is 3. The molecule has 0 spiro atoms. The monoisotopic (exact) mass is 306 g/mol.